The number of hydrogen-bond acceptors (Lipinski definition) is 6. The molecule has 2 aliphatic rings. The first-order chi connectivity index (χ1) is 18.0. The molecule has 1 fully saturated rings. The van der Waals surface area contributed by atoms with Crippen molar-refractivity contribution in [2.24, 2.45) is 5.92 Å². The van der Waals surface area contributed by atoms with Crippen molar-refractivity contribution in [1.29, 1.82) is 5.41 Å². The summed E-state index contributed by atoms with van der Waals surface area (Å²) in [4.78, 5) is 2.24. The van der Waals surface area contributed by atoms with Crippen molar-refractivity contribution >= 4 is 23.0 Å². The van der Waals surface area contributed by atoms with Crippen molar-refractivity contribution in [2.75, 3.05) is 38.6 Å². The van der Waals surface area contributed by atoms with Crippen LogP contribution in [-0.4, -0.2) is 49.1 Å². The lowest BCUT2D eigenvalue weighted by molar-refractivity contribution is 0.228. The maximum Gasteiger partial charge on any atom is 0.150 e. The van der Waals surface area contributed by atoms with E-state index in [0.717, 1.165) is 59.6 Å². The second-order valence-electron chi connectivity index (χ2n) is 9.70. The highest BCUT2D eigenvalue weighted by Crippen LogP contribution is 2.48. The van der Waals surface area contributed by atoms with Crippen LogP contribution in [0.4, 0.5) is 10.1 Å². The SMILES string of the molecule is CC1=C(c2cccc(O)c2)C(c2ccc(OCCN3CCC(CF)C3)cc2)Oc2c1ccc(N)c2C=N. The number of phenolic OH excluding ortho intramolecular Hbond substituents is 1. The second kappa shape index (κ2) is 10.6. The molecule has 0 saturated carbocycles. The first-order valence-corrected chi connectivity index (χ1v) is 12.6. The van der Waals surface area contributed by atoms with Gasteiger partial charge in [-0.3, -0.25) is 9.29 Å². The molecule has 0 radical (unpaired) electrons. The normalized spacial score (nSPS) is 19.4. The minimum absolute atomic E-state index is 0.153. The predicted molar refractivity (Wildman–Crippen MR) is 145 cm³/mol. The zero-order chi connectivity index (χ0) is 25.9. The van der Waals surface area contributed by atoms with Crippen LogP contribution >= 0.6 is 0 Å². The third-order valence-electron chi connectivity index (χ3n) is 7.28. The molecule has 1 saturated heterocycles. The number of benzene rings is 3. The van der Waals surface area contributed by atoms with Gasteiger partial charge in [-0.25, -0.2) is 0 Å². The van der Waals surface area contributed by atoms with Crippen molar-refractivity contribution < 1.29 is 19.0 Å². The quantitative estimate of drug-likeness (QED) is 0.272. The summed E-state index contributed by atoms with van der Waals surface area (Å²) in [6, 6.07) is 18.7. The van der Waals surface area contributed by atoms with Crippen molar-refractivity contribution in [3.05, 3.63) is 82.9 Å². The van der Waals surface area contributed by atoms with Gasteiger partial charge in [-0.1, -0.05) is 24.3 Å². The number of fused-ring (bicyclic) bond motifs is 1. The predicted octanol–water partition coefficient (Wildman–Crippen LogP) is 5.71. The number of ether oxygens (including phenoxy) is 2. The highest BCUT2D eigenvalue weighted by Gasteiger charge is 2.31. The Bertz CT molecular complexity index is 1320. The number of likely N-dealkylation sites (tertiary alicyclic amines) is 1. The maximum atomic E-state index is 12.9. The molecular formula is C30H32FN3O3. The summed E-state index contributed by atoms with van der Waals surface area (Å²) in [6.45, 7) is 4.81. The minimum Gasteiger partial charge on any atom is -0.508 e. The van der Waals surface area contributed by atoms with Gasteiger partial charge in [-0.2, -0.15) is 0 Å². The monoisotopic (exact) mass is 501 g/mol. The smallest absolute Gasteiger partial charge is 0.150 e. The second-order valence-corrected chi connectivity index (χ2v) is 9.70. The number of nitrogens with two attached hydrogens (primary N) is 1. The summed E-state index contributed by atoms with van der Waals surface area (Å²) < 4.78 is 25.4. The average molecular weight is 502 g/mol. The van der Waals surface area contributed by atoms with Gasteiger partial charge in [0.1, 0.15) is 30.0 Å². The molecule has 3 aromatic carbocycles. The molecule has 3 aromatic rings. The molecule has 2 atom stereocenters. The Morgan fingerprint density at radius 2 is 2.00 bits per heavy atom. The van der Waals surface area contributed by atoms with E-state index in [0.29, 0.717) is 23.6 Å². The van der Waals surface area contributed by atoms with Gasteiger partial charge in [0, 0.05) is 42.0 Å². The first kappa shape index (κ1) is 24.8. The van der Waals surface area contributed by atoms with Gasteiger partial charge < -0.3 is 25.7 Å². The molecule has 37 heavy (non-hydrogen) atoms. The van der Waals surface area contributed by atoms with E-state index in [-0.39, 0.29) is 18.3 Å². The summed E-state index contributed by atoms with van der Waals surface area (Å²) in [7, 11) is 0. The van der Waals surface area contributed by atoms with Gasteiger partial charge in [0.05, 0.1) is 12.2 Å². The number of nitrogens with zero attached hydrogens (tertiary/aromatic N) is 1. The third kappa shape index (κ3) is 5.04. The first-order valence-electron chi connectivity index (χ1n) is 12.6. The Hall–Kier alpha value is -3.84. The van der Waals surface area contributed by atoms with Crippen molar-refractivity contribution in [3.63, 3.8) is 0 Å². The van der Waals surface area contributed by atoms with E-state index < -0.39 is 6.10 Å². The largest absolute Gasteiger partial charge is 0.508 e. The van der Waals surface area contributed by atoms with Gasteiger partial charge in [0.2, 0.25) is 0 Å². The molecule has 2 heterocycles. The van der Waals surface area contributed by atoms with E-state index in [1.807, 2.05) is 49.4 Å². The lowest BCUT2D eigenvalue weighted by atomic mass is 9.85. The van der Waals surface area contributed by atoms with Crippen LogP contribution in [0.15, 0.2) is 60.7 Å². The number of rotatable bonds is 8. The molecule has 0 spiro atoms. The fourth-order valence-corrected chi connectivity index (χ4v) is 5.25. The fourth-order valence-electron chi connectivity index (χ4n) is 5.25. The molecule has 4 N–H and O–H groups in total. The van der Waals surface area contributed by atoms with Gasteiger partial charge in [-0.15, -0.1) is 0 Å². The van der Waals surface area contributed by atoms with Crippen molar-refractivity contribution in [3.8, 4) is 17.2 Å². The number of nitrogen functional groups attached to an aromatic ring is 1. The molecule has 0 aromatic heterocycles. The van der Waals surface area contributed by atoms with Crippen LogP contribution < -0.4 is 15.2 Å². The number of aromatic hydroxyl groups is 1. The highest BCUT2D eigenvalue weighted by molar-refractivity contribution is 6.00. The van der Waals surface area contributed by atoms with E-state index in [1.165, 1.54) is 6.21 Å². The van der Waals surface area contributed by atoms with Gasteiger partial charge in [-0.05, 0) is 73.0 Å². The van der Waals surface area contributed by atoms with Crippen LogP contribution in [0.5, 0.6) is 17.2 Å². The van der Waals surface area contributed by atoms with Crippen LogP contribution in [0.25, 0.3) is 11.1 Å². The molecule has 0 bridgehead atoms. The topological polar surface area (TPSA) is 91.8 Å². The Morgan fingerprint density at radius 1 is 1.19 bits per heavy atom. The van der Waals surface area contributed by atoms with Gasteiger partial charge in [0.15, 0.2) is 0 Å². The molecule has 0 amide bonds. The Kier molecular flexibility index (Phi) is 7.15. The summed E-state index contributed by atoms with van der Waals surface area (Å²) >= 11 is 0. The number of alkyl halides is 1. The van der Waals surface area contributed by atoms with Crippen molar-refractivity contribution in [1.82, 2.24) is 4.90 Å². The van der Waals surface area contributed by atoms with E-state index in [9.17, 15) is 9.50 Å². The summed E-state index contributed by atoms with van der Waals surface area (Å²) in [5, 5.41) is 18.1. The van der Waals surface area contributed by atoms with Gasteiger partial charge >= 0.3 is 0 Å². The Balaban J connectivity index is 1.42. The lowest BCUT2D eigenvalue weighted by Gasteiger charge is -2.32. The number of hydrogen-bond donors (Lipinski definition) is 3. The van der Waals surface area contributed by atoms with E-state index in [1.54, 1.807) is 18.2 Å². The summed E-state index contributed by atoms with van der Waals surface area (Å²) in [5.74, 6) is 1.67. The van der Waals surface area contributed by atoms with Gasteiger partial charge in [0.25, 0.3) is 0 Å². The minimum atomic E-state index is -0.467. The number of anilines is 1. The fraction of sp³-hybridized carbons (Fsp3) is 0.300. The summed E-state index contributed by atoms with van der Waals surface area (Å²) in [6.07, 6.45) is 1.67. The lowest BCUT2D eigenvalue weighted by Crippen LogP contribution is -2.26. The number of halogens is 1. The molecule has 192 valence electrons. The third-order valence-corrected chi connectivity index (χ3v) is 7.28. The van der Waals surface area contributed by atoms with Crippen LogP contribution in [0.2, 0.25) is 0 Å². The molecule has 2 unspecified atom stereocenters. The zero-order valence-electron chi connectivity index (χ0n) is 20.9. The van der Waals surface area contributed by atoms with Crippen LogP contribution in [-0.2, 0) is 0 Å². The molecule has 7 heteroatoms. The van der Waals surface area contributed by atoms with Crippen LogP contribution in [0.3, 0.4) is 0 Å². The van der Waals surface area contributed by atoms with E-state index in [2.05, 4.69) is 4.90 Å². The van der Waals surface area contributed by atoms with Crippen LogP contribution in [0.1, 0.15) is 41.7 Å². The van der Waals surface area contributed by atoms with E-state index in [4.69, 9.17) is 20.6 Å². The molecule has 0 aliphatic carbocycles. The molecular weight excluding hydrogens is 469 g/mol. The zero-order valence-corrected chi connectivity index (χ0v) is 20.9. The molecule has 2 aliphatic heterocycles. The molecule has 5 rings (SSSR count). The maximum absolute atomic E-state index is 12.9. The Morgan fingerprint density at radius 3 is 2.70 bits per heavy atom. The highest BCUT2D eigenvalue weighted by atomic mass is 19.1. The Labute approximate surface area is 216 Å². The number of nitrogens with one attached hydrogen (secondary N) is 1. The number of phenols is 1. The van der Waals surface area contributed by atoms with Crippen molar-refractivity contribution in [2.45, 2.75) is 19.4 Å². The summed E-state index contributed by atoms with van der Waals surface area (Å²) in [5.41, 5.74) is 11.8. The average Bonchev–Trinajstić information content (AvgIpc) is 3.37. The molecule has 6 nitrogen and oxygen atoms in total. The standard InChI is InChI=1S/C30H32FN3O3/c1-19-25-9-10-27(33)26(17-32)30(25)37-29(28(19)22-3-2-4-23(35)15-22)21-5-7-24(8-6-21)36-14-13-34-12-11-20(16-31)18-34/h2-10,15,17,20,29,32,35H,11-14,16,18,33H2,1H3. The number of allylic oxidation sites excluding steroid dienone is 1. The van der Waals surface area contributed by atoms with Crippen LogP contribution in [0, 0.1) is 11.3 Å². The van der Waals surface area contributed by atoms with E-state index >= 15 is 0 Å².